The van der Waals surface area contributed by atoms with E-state index in [0.29, 0.717) is 0 Å². The van der Waals surface area contributed by atoms with Gasteiger partial charge in [-0.05, 0) is 40.3 Å². The topological polar surface area (TPSA) is 29.9 Å². The molecule has 0 amide bonds. The van der Waals surface area contributed by atoms with Crippen molar-refractivity contribution in [2.45, 2.75) is 26.4 Å². The molecule has 0 fully saturated rings. The van der Waals surface area contributed by atoms with Gasteiger partial charge in [-0.3, -0.25) is 4.68 Å². The first-order chi connectivity index (χ1) is 8.29. The van der Waals surface area contributed by atoms with Gasteiger partial charge in [0.25, 0.3) is 0 Å². The van der Waals surface area contributed by atoms with Crippen LogP contribution in [-0.2, 0) is 13.1 Å². The molecule has 17 heavy (non-hydrogen) atoms. The molecule has 3 nitrogen and oxygen atoms in total. The van der Waals surface area contributed by atoms with Gasteiger partial charge in [-0.1, -0.05) is 6.92 Å². The van der Waals surface area contributed by atoms with Crippen LogP contribution >= 0.6 is 27.3 Å². The Hall–Kier alpha value is -0.650. The van der Waals surface area contributed by atoms with E-state index in [2.05, 4.69) is 50.9 Å². The fourth-order valence-electron chi connectivity index (χ4n) is 1.58. The largest absolute Gasteiger partial charge is 0.313 e. The minimum Gasteiger partial charge on any atom is -0.313 e. The molecule has 2 heterocycles. The Morgan fingerprint density at radius 1 is 1.53 bits per heavy atom. The predicted molar refractivity (Wildman–Crippen MR) is 75.3 cm³/mol. The van der Waals surface area contributed by atoms with Crippen molar-refractivity contribution in [3.8, 4) is 0 Å². The minimum absolute atomic E-state index is 0.839. The zero-order valence-electron chi connectivity index (χ0n) is 9.82. The van der Waals surface area contributed by atoms with Gasteiger partial charge < -0.3 is 5.32 Å². The third-order valence-corrected chi connectivity index (χ3v) is 4.35. The van der Waals surface area contributed by atoms with Crippen molar-refractivity contribution in [3.63, 3.8) is 0 Å². The Labute approximate surface area is 114 Å². The van der Waals surface area contributed by atoms with E-state index in [1.807, 2.05) is 10.9 Å². The maximum atomic E-state index is 4.37. The SMILES string of the molecule is CCCNCc1cnn(Cc2sccc2Br)c1. The van der Waals surface area contributed by atoms with Crippen LogP contribution in [0, 0.1) is 0 Å². The molecule has 0 aliphatic heterocycles. The normalized spacial score (nSPS) is 10.9. The lowest BCUT2D eigenvalue weighted by molar-refractivity contribution is 0.670. The summed E-state index contributed by atoms with van der Waals surface area (Å²) in [6, 6.07) is 2.08. The summed E-state index contributed by atoms with van der Waals surface area (Å²) in [6.07, 6.45) is 5.20. The zero-order chi connectivity index (χ0) is 12.1. The van der Waals surface area contributed by atoms with Gasteiger partial charge in [0.15, 0.2) is 0 Å². The highest BCUT2D eigenvalue weighted by Crippen LogP contribution is 2.23. The minimum atomic E-state index is 0.839. The lowest BCUT2D eigenvalue weighted by Crippen LogP contribution is -2.13. The number of thiophene rings is 1. The molecule has 2 rings (SSSR count). The Morgan fingerprint density at radius 2 is 2.41 bits per heavy atom. The van der Waals surface area contributed by atoms with Gasteiger partial charge in [-0.25, -0.2) is 0 Å². The Bertz CT molecular complexity index is 464. The fourth-order valence-corrected chi connectivity index (χ4v) is 3.05. The highest BCUT2D eigenvalue weighted by atomic mass is 79.9. The fraction of sp³-hybridized carbons (Fsp3) is 0.417. The van der Waals surface area contributed by atoms with Crippen LogP contribution in [0.2, 0.25) is 0 Å². The van der Waals surface area contributed by atoms with E-state index < -0.39 is 0 Å². The van der Waals surface area contributed by atoms with Crippen LogP contribution in [0.25, 0.3) is 0 Å². The molecule has 2 aromatic rings. The van der Waals surface area contributed by atoms with Gasteiger partial charge in [-0.15, -0.1) is 11.3 Å². The molecule has 0 aromatic carbocycles. The molecule has 0 atom stereocenters. The molecule has 92 valence electrons. The summed E-state index contributed by atoms with van der Waals surface area (Å²) < 4.78 is 3.16. The van der Waals surface area contributed by atoms with Crippen LogP contribution in [-0.4, -0.2) is 16.3 Å². The molecular formula is C12H16BrN3S. The van der Waals surface area contributed by atoms with Crippen molar-refractivity contribution in [1.82, 2.24) is 15.1 Å². The predicted octanol–water partition coefficient (Wildman–Crippen LogP) is 3.26. The number of hydrogen-bond donors (Lipinski definition) is 1. The summed E-state index contributed by atoms with van der Waals surface area (Å²) >= 11 is 5.29. The maximum Gasteiger partial charge on any atom is 0.0763 e. The zero-order valence-corrected chi connectivity index (χ0v) is 12.2. The smallest absolute Gasteiger partial charge is 0.0763 e. The molecule has 2 aromatic heterocycles. The van der Waals surface area contributed by atoms with E-state index in [4.69, 9.17) is 0 Å². The molecule has 5 heteroatoms. The van der Waals surface area contributed by atoms with Crippen LogP contribution in [0.1, 0.15) is 23.8 Å². The van der Waals surface area contributed by atoms with Crippen molar-refractivity contribution in [1.29, 1.82) is 0 Å². The number of rotatable bonds is 6. The number of halogens is 1. The average Bonchev–Trinajstić information content (AvgIpc) is 2.91. The second-order valence-corrected chi connectivity index (χ2v) is 5.77. The van der Waals surface area contributed by atoms with Crippen molar-refractivity contribution >= 4 is 27.3 Å². The summed E-state index contributed by atoms with van der Waals surface area (Å²) in [5.41, 5.74) is 1.24. The summed E-state index contributed by atoms with van der Waals surface area (Å²) in [5.74, 6) is 0. The average molecular weight is 314 g/mol. The molecule has 0 spiro atoms. The molecule has 0 aliphatic carbocycles. The number of nitrogens with one attached hydrogen (secondary N) is 1. The standard InChI is InChI=1S/C12H16BrN3S/c1-2-4-14-6-10-7-15-16(8-10)9-12-11(13)3-5-17-12/h3,5,7-8,14H,2,4,6,9H2,1H3. The number of aromatic nitrogens is 2. The van der Waals surface area contributed by atoms with E-state index in [1.54, 1.807) is 11.3 Å². The van der Waals surface area contributed by atoms with E-state index in [-0.39, 0.29) is 0 Å². The van der Waals surface area contributed by atoms with Gasteiger partial charge in [0.05, 0.1) is 12.7 Å². The van der Waals surface area contributed by atoms with Crippen molar-refractivity contribution in [2.24, 2.45) is 0 Å². The lowest BCUT2D eigenvalue weighted by Gasteiger charge is -2.00. The van der Waals surface area contributed by atoms with E-state index in [9.17, 15) is 0 Å². The summed E-state index contributed by atoms with van der Waals surface area (Å²) in [7, 11) is 0. The maximum absolute atomic E-state index is 4.37. The van der Waals surface area contributed by atoms with E-state index >= 15 is 0 Å². The highest BCUT2D eigenvalue weighted by molar-refractivity contribution is 9.10. The lowest BCUT2D eigenvalue weighted by atomic mass is 10.3. The number of nitrogens with zero attached hydrogens (tertiary/aromatic N) is 2. The van der Waals surface area contributed by atoms with Gasteiger partial charge >= 0.3 is 0 Å². The van der Waals surface area contributed by atoms with Crippen LogP contribution in [0.4, 0.5) is 0 Å². The molecule has 0 saturated heterocycles. The van der Waals surface area contributed by atoms with Gasteiger partial charge in [0.1, 0.15) is 0 Å². The third-order valence-electron chi connectivity index (χ3n) is 2.44. The Balaban J connectivity index is 1.92. The summed E-state index contributed by atoms with van der Waals surface area (Å²) in [5, 5.41) is 9.84. The van der Waals surface area contributed by atoms with Crippen LogP contribution < -0.4 is 5.32 Å². The van der Waals surface area contributed by atoms with Gasteiger partial charge in [0, 0.05) is 27.7 Å². The molecule has 0 bridgehead atoms. The van der Waals surface area contributed by atoms with Gasteiger partial charge in [0.2, 0.25) is 0 Å². The van der Waals surface area contributed by atoms with Crippen LogP contribution in [0.5, 0.6) is 0 Å². The first kappa shape index (κ1) is 12.8. The second kappa shape index (κ2) is 6.33. The second-order valence-electron chi connectivity index (χ2n) is 3.91. The van der Waals surface area contributed by atoms with Crippen molar-refractivity contribution in [3.05, 3.63) is 38.8 Å². The van der Waals surface area contributed by atoms with Gasteiger partial charge in [-0.2, -0.15) is 5.10 Å². The summed E-state index contributed by atoms with van der Waals surface area (Å²) in [4.78, 5) is 1.31. The molecule has 1 N–H and O–H groups in total. The Morgan fingerprint density at radius 3 is 3.12 bits per heavy atom. The van der Waals surface area contributed by atoms with Crippen molar-refractivity contribution < 1.29 is 0 Å². The highest BCUT2D eigenvalue weighted by Gasteiger charge is 2.04. The molecule has 0 radical (unpaired) electrons. The Kier molecular flexibility index (Phi) is 4.76. The monoisotopic (exact) mass is 313 g/mol. The third kappa shape index (κ3) is 3.66. The first-order valence-corrected chi connectivity index (χ1v) is 7.40. The van der Waals surface area contributed by atoms with Crippen LogP contribution in [0.15, 0.2) is 28.3 Å². The van der Waals surface area contributed by atoms with Crippen LogP contribution in [0.3, 0.4) is 0 Å². The molecule has 0 aliphatic rings. The molecular weight excluding hydrogens is 298 g/mol. The van der Waals surface area contributed by atoms with E-state index in [1.165, 1.54) is 14.9 Å². The van der Waals surface area contributed by atoms with E-state index in [0.717, 1.165) is 26.1 Å². The first-order valence-electron chi connectivity index (χ1n) is 5.73. The molecule has 0 unspecified atom stereocenters. The molecule has 0 saturated carbocycles. The summed E-state index contributed by atoms with van der Waals surface area (Å²) in [6.45, 7) is 4.97. The van der Waals surface area contributed by atoms with Crippen molar-refractivity contribution in [2.75, 3.05) is 6.54 Å². The number of hydrogen-bond acceptors (Lipinski definition) is 3. The quantitative estimate of drug-likeness (QED) is 0.830.